The SMILES string of the molecule is Cn1cc(Nc2ncc(C3CN(c4nc5ccc(OCC(C)(C)O[P+](O)(OC(C)(C)COc6ccc7nc(N8CC(c9cnc(Nc%10cnn(C)c%10)c(C(N)=O)n9)C8)oc7c6)OC(C)(C)COc6ccc7nc(N8CC(c9cnc(Nc%10cnn(C)c%10)c(C(N)=O)n9)C8)oc7c6)cc5o4)C3)nc2C(N)=O)cn1. The number of nitrogens with one attached hydrogen (secondary N) is 3. The number of oxazole rings is 3. The Labute approximate surface area is 609 Å². The Morgan fingerprint density at radius 1 is 0.458 bits per heavy atom. The summed E-state index contributed by atoms with van der Waals surface area (Å²) in [6.07, 6.45) is 14.9. The third kappa shape index (κ3) is 15.6. The lowest BCUT2D eigenvalue weighted by atomic mass is 9.97. The van der Waals surface area contributed by atoms with Gasteiger partial charge in [-0.15, -0.1) is 13.6 Å². The van der Waals surface area contributed by atoms with Crippen LogP contribution in [0.4, 0.5) is 52.6 Å². The molecule has 3 aliphatic rings. The molecule has 0 radical (unpaired) electrons. The second kappa shape index (κ2) is 27.7. The average Bonchev–Trinajstić information content (AvgIpc) is 1.71. The minimum Gasteiger partial charge on any atom is -0.490 e. The Balaban J connectivity index is 0.599. The van der Waals surface area contributed by atoms with Gasteiger partial charge in [0.1, 0.15) is 70.4 Å². The number of anilines is 9. The summed E-state index contributed by atoms with van der Waals surface area (Å²) in [5.41, 5.74) is 20.2. The van der Waals surface area contributed by atoms with Crippen molar-refractivity contribution in [1.82, 2.24) is 74.2 Å². The molecule has 3 aromatic carbocycles. The number of hydrogen-bond acceptors (Lipinski definition) is 31. The Kier molecular flexibility index (Phi) is 18.2. The molecule has 0 saturated carbocycles. The van der Waals surface area contributed by atoms with Crippen LogP contribution < -0.4 is 62.1 Å². The maximum atomic E-state index is 12.9. The quantitative estimate of drug-likeness (QED) is 0.0213. The monoisotopic (exact) mass is 1480 g/mol. The van der Waals surface area contributed by atoms with Gasteiger partial charge in [-0.2, -0.15) is 35.1 Å². The van der Waals surface area contributed by atoms with Crippen LogP contribution in [0.25, 0.3) is 33.3 Å². The molecule has 107 heavy (non-hydrogen) atoms. The molecular formula is C69H76N24O13P+. The second-order valence-electron chi connectivity index (χ2n) is 28.2. The van der Waals surface area contributed by atoms with Gasteiger partial charge in [-0.3, -0.25) is 28.4 Å². The molecule has 3 amide bonds. The van der Waals surface area contributed by atoms with Gasteiger partial charge in [0.15, 0.2) is 51.3 Å². The number of benzene rings is 3. The topological polar surface area (TPSA) is 460 Å². The number of carbonyl (C=O) groups excluding carboxylic acids is 3. The fraction of sp³-hybridized carbons (Fsp3) is 0.348. The normalized spacial score (nSPS) is 14.7. The maximum Gasteiger partial charge on any atom is 0.574 e. The van der Waals surface area contributed by atoms with Crippen LogP contribution in [0, 0.1) is 0 Å². The molecule has 0 atom stereocenters. The van der Waals surface area contributed by atoms with E-state index in [1.807, 2.05) is 14.7 Å². The van der Waals surface area contributed by atoms with E-state index >= 15 is 0 Å². The summed E-state index contributed by atoms with van der Waals surface area (Å²) in [5.74, 6) is -0.464. The van der Waals surface area contributed by atoms with Gasteiger partial charge in [0.2, 0.25) is 0 Å². The fourth-order valence-electron chi connectivity index (χ4n) is 12.1. The molecule has 12 heterocycles. The maximum absolute atomic E-state index is 12.9. The number of amides is 3. The number of fused-ring (bicyclic) bond motifs is 3. The highest BCUT2D eigenvalue weighted by Gasteiger charge is 2.58. The van der Waals surface area contributed by atoms with E-state index in [0.717, 1.165) is 0 Å². The summed E-state index contributed by atoms with van der Waals surface area (Å²) in [4.78, 5) is 97.5. The van der Waals surface area contributed by atoms with Crippen molar-refractivity contribution in [3.05, 3.63) is 145 Å². The summed E-state index contributed by atoms with van der Waals surface area (Å²) in [6, 6.07) is 16.9. The fourth-order valence-corrected chi connectivity index (χ4v) is 14.3. The zero-order chi connectivity index (χ0) is 74.8. The summed E-state index contributed by atoms with van der Waals surface area (Å²) >= 11 is 0. The van der Waals surface area contributed by atoms with Crippen molar-refractivity contribution >= 4 is 112 Å². The first-order valence-electron chi connectivity index (χ1n) is 33.9. The van der Waals surface area contributed by atoms with Crippen LogP contribution in [-0.2, 0) is 34.7 Å². The number of nitrogens with zero attached hydrogens (tertiary/aromatic N) is 18. The largest absolute Gasteiger partial charge is 0.574 e. The number of ether oxygens (including phenoxy) is 3. The summed E-state index contributed by atoms with van der Waals surface area (Å²) < 4.78 is 62.6. The Bertz CT molecular complexity index is 4840. The standard InChI is InChI=1S/C69H75N24O13P/c1-67(2,34-98-43-10-13-46-52(16-43)101-64(85-46)91-25-37(26-91)49-22-73-61(55(82-49)58(70)94)79-40-19-76-88(7)31-40)104-107(97,105-68(3,4)35-99-44-11-14-47-53(17-44)102-65(86-47)92-27-38(28-92)50-23-74-62(56(83-50)59(71)95)80-41-20-77-89(8)32-41)106-69(5,6)36-100-45-12-15-48-54(18-45)103-66(87-48)93-29-39(30-93)51-24-75-63(57(84-51)60(72)96)81-42-21-78-90(9)33-42/h10-24,31-33,37-39,97H,25-30,34-36H2,1-9H3,(H8-,70,71,72,73,74,75,79,80,81,94,95,96)/p+1. The van der Waals surface area contributed by atoms with Crippen molar-refractivity contribution in [2.24, 2.45) is 38.3 Å². The zero-order valence-electron chi connectivity index (χ0n) is 59.6. The Morgan fingerprint density at radius 2 is 0.738 bits per heavy atom. The van der Waals surface area contributed by atoms with Gasteiger partial charge in [-0.05, 0) is 77.9 Å². The lowest BCUT2D eigenvalue weighted by Crippen LogP contribution is -2.45. The molecule has 554 valence electrons. The lowest BCUT2D eigenvalue weighted by molar-refractivity contribution is -0.0864. The number of nitrogens with two attached hydrogens (primary N) is 3. The molecule has 37 nitrogen and oxygen atoms in total. The van der Waals surface area contributed by atoms with E-state index < -0.39 is 42.7 Å². The van der Waals surface area contributed by atoms with Crippen molar-refractivity contribution in [2.75, 3.05) is 89.7 Å². The van der Waals surface area contributed by atoms with E-state index in [-0.39, 0.29) is 72.1 Å². The lowest BCUT2D eigenvalue weighted by Gasteiger charge is -2.37. The number of aromatic nitrogens is 15. The van der Waals surface area contributed by atoms with Crippen molar-refractivity contribution in [3.63, 3.8) is 0 Å². The number of aryl methyl sites for hydroxylation is 3. The van der Waals surface area contributed by atoms with Crippen LogP contribution in [0.3, 0.4) is 0 Å². The summed E-state index contributed by atoms with van der Waals surface area (Å²) in [6.45, 7) is 13.0. The highest BCUT2D eigenvalue weighted by Crippen LogP contribution is 2.65. The molecule has 3 saturated heterocycles. The second-order valence-corrected chi connectivity index (χ2v) is 29.7. The first-order valence-corrected chi connectivity index (χ1v) is 35.4. The van der Waals surface area contributed by atoms with E-state index in [0.29, 0.717) is 142 Å². The predicted molar refractivity (Wildman–Crippen MR) is 389 cm³/mol. The molecule has 0 unspecified atom stereocenters. The first kappa shape index (κ1) is 70.5. The van der Waals surface area contributed by atoms with Crippen LogP contribution in [0.2, 0.25) is 0 Å². The third-order valence-electron chi connectivity index (χ3n) is 17.6. The summed E-state index contributed by atoms with van der Waals surface area (Å²) in [7, 11) is 0.883. The number of primary amides is 3. The highest BCUT2D eigenvalue weighted by molar-refractivity contribution is 7.55. The van der Waals surface area contributed by atoms with Gasteiger partial charge in [0, 0.05) is 115 Å². The first-order chi connectivity index (χ1) is 51.0. The van der Waals surface area contributed by atoms with Crippen LogP contribution in [-0.4, -0.2) is 173 Å². The van der Waals surface area contributed by atoms with Gasteiger partial charge in [-0.1, -0.05) is 0 Å². The molecular weight excluding hydrogens is 1400 g/mol. The van der Waals surface area contributed by atoms with Crippen LogP contribution in [0.5, 0.6) is 17.2 Å². The molecule has 3 fully saturated rings. The minimum absolute atomic E-state index is 0.0116. The molecule has 12 aromatic rings. The summed E-state index contributed by atoms with van der Waals surface area (Å²) in [5, 5.41) is 21.6. The van der Waals surface area contributed by atoms with E-state index in [1.165, 1.54) is 0 Å². The Morgan fingerprint density at radius 3 is 0.991 bits per heavy atom. The van der Waals surface area contributed by atoms with Crippen molar-refractivity contribution in [3.8, 4) is 17.2 Å². The molecule has 9 aromatic heterocycles. The van der Waals surface area contributed by atoms with Gasteiger partial charge >= 0.3 is 8.17 Å². The molecule has 15 rings (SSSR count). The smallest absolute Gasteiger partial charge is 0.490 e. The van der Waals surface area contributed by atoms with Crippen LogP contribution >= 0.6 is 8.17 Å². The molecule has 10 N–H and O–H groups in total. The molecule has 0 aliphatic carbocycles. The predicted octanol–water partition coefficient (Wildman–Crippen LogP) is 7.61. The molecule has 38 heteroatoms. The third-order valence-corrected chi connectivity index (χ3v) is 19.8. The molecule has 3 aliphatic heterocycles. The molecule has 0 spiro atoms. The number of hydrogen-bond donors (Lipinski definition) is 7. The number of carbonyl (C=O) groups is 3. The van der Waals surface area contributed by atoms with Gasteiger partial charge < -0.3 is 75.3 Å². The minimum atomic E-state index is -4.44. The van der Waals surface area contributed by atoms with Crippen LogP contribution in [0.1, 0.15) is 108 Å². The van der Waals surface area contributed by atoms with Crippen LogP contribution in [0.15, 0.2) is 124 Å². The van der Waals surface area contributed by atoms with Crippen molar-refractivity contribution in [1.29, 1.82) is 0 Å². The van der Waals surface area contributed by atoms with E-state index in [1.54, 1.807) is 187 Å². The van der Waals surface area contributed by atoms with Crippen molar-refractivity contribution < 1.29 is 60.3 Å². The van der Waals surface area contributed by atoms with E-state index in [9.17, 15) is 19.3 Å². The van der Waals surface area contributed by atoms with E-state index in [4.69, 9.17) is 73.2 Å². The number of rotatable bonds is 30. The van der Waals surface area contributed by atoms with Gasteiger partial charge in [0.05, 0.1) is 71.3 Å². The molecule has 0 bridgehead atoms. The Hall–Kier alpha value is -12.2. The van der Waals surface area contributed by atoms with Crippen molar-refractivity contribution in [2.45, 2.75) is 76.1 Å². The zero-order valence-corrected chi connectivity index (χ0v) is 60.5. The average molecular weight is 1480 g/mol. The van der Waals surface area contributed by atoms with Gasteiger partial charge in [0.25, 0.3) is 35.8 Å². The highest BCUT2D eigenvalue weighted by atomic mass is 31.2. The van der Waals surface area contributed by atoms with Gasteiger partial charge in [-0.25, -0.2) is 29.9 Å². The van der Waals surface area contributed by atoms with E-state index in [2.05, 4.69) is 61.2 Å².